The van der Waals surface area contributed by atoms with Gasteiger partial charge >= 0.3 is 5.97 Å². The maximum Gasteiger partial charge on any atom is 0.310 e. The zero-order chi connectivity index (χ0) is 17.6. The van der Waals surface area contributed by atoms with E-state index < -0.39 is 0 Å². The van der Waals surface area contributed by atoms with Crippen LogP contribution in [0, 0.1) is 5.92 Å². The molecule has 2 aromatic carbocycles. The third-order valence-electron chi connectivity index (χ3n) is 5.64. The first-order valence-corrected chi connectivity index (χ1v) is 9.94. The van der Waals surface area contributed by atoms with Crippen molar-refractivity contribution < 1.29 is 9.53 Å². The van der Waals surface area contributed by atoms with E-state index in [0.717, 1.165) is 11.3 Å². The van der Waals surface area contributed by atoms with Gasteiger partial charge in [-0.25, -0.2) is 0 Å². The minimum atomic E-state index is -0.184. The molecule has 1 aliphatic carbocycles. The fraction of sp³-hybridized carbons (Fsp3) is 0.522. The van der Waals surface area contributed by atoms with Gasteiger partial charge in [-0.1, -0.05) is 57.4 Å². The fourth-order valence-corrected chi connectivity index (χ4v) is 4.04. The molecule has 25 heavy (non-hydrogen) atoms. The first-order valence-electron chi connectivity index (χ1n) is 9.94. The van der Waals surface area contributed by atoms with Gasteiger partial charge in [0.1, 0.15) is 5.75 Å². The molecular weight excluding hydrogens is 308 g/mol. The summed E-state index contributed by atoms with van der Waals surface area (Å²) < 4.78 is 5.32. The van der Waals surface area contributed by atoms with Crippen LogP contribution in [0.15, 0.2) is 36.4 Å². The smallest absolute Gasteiger partial charge is 0.310 e. The van der Waals surface area contributed by atoms with Crippen LogP contribution in [0.3, 0.4) is 0 Å². The molecule has 0 saturated heterocycles. The van der Waals surface area contributed by atoms with Crippen molar-refractivity contribution in [1.29, 1.82) is 0 Å². The Morgan fingerprint density at radius 3 is 2.44 bits per heavy atom. The number of hydrogen-bond acceptors (Lipinski definition) is 2. The highest BCUT2D eigenvalue weighted by Gasteiger charge is 2.22. The van der Waals surface area contributed by atoms with Crippen molar-refractivity contribution in [3.8, 4) is 5.75 Å². The number of carbonyl (C=O) groups excluding carboxylic acids is 1. The molecule has 0 unspecified atom stereocenters. The van der Waals surface area contributed by atoms with Crippen molar-refractivity contribution in [1.82, 2.24) is 0 Å². The standard InChI is InChI=1S/C23H30O2/c1-3-5-6-17-7-9-18(10-8-17)19-11-12-21-16-22(25-23(24)4-2)14-13-20(21)15-19/h11-18H,3-10H2,1-2H3. The molecule has 134 valence electrons. The average Bonchev–Trinajstić information content (AvgIpc) is 2.66. The van der Waals surface area contributed by atoms with Crippen molar-refractivity contribution in [2.24, 2.45) is 5.92 Å². The minimum absolute atomic E-state index is 0.184. The third kappa shape index (κ3) is 4.62. The van der Waals surface area contributed by atoms with Gasteiger partial charge in [-0.2, -0.15) is 0 Å². The first-order chi connectivity index (χ1) is 12.2. The van der Waals surface area contributed by atoms with Crippen molar-refractivity contribution in [2.45, 2.75) is 71.1 Å². The lowest BCUT2D eigenvalue weighted by atomic mass is 9.77. The van der Waals surface area contributed by atoms with Gasteiger partial charge in [0.05, 0.1) is 0 Å². The number of esters is 1. The molecule has 0 radical (unpaired) electrons. The van der Waals surface area contributed by atoms with Crippen molar-refractivity contribution in [3.05, 3.63) is 42.0 Å². The normalized spacial score (nSPS) is 20.6. The molecule has 3 rings (SSSR count). The molecule has 1 saturated carbocycles. The molecule has 1 aliphatic rings. The second-order valence-electron chi connectivity index (χ2n) is 7.46. The van der Waals surface area contributed by atoms with E-state index in [9.17, 15) is 4.79 Å². The van der Waals surface area contributed by atoms with Crippen LogP contribution < -0.4 is 4.74 Å². The van der Waals surface area contributed by atoms with E-state index >= 15 is 0 Å². The zero-order valence-corrected chi connectivity index (χ0v) is 15.6. The molecule has 0 aromatic heterocycles. The van der Waals surface area contributed by atoms with E-state index in [-0.39, 0.29) is 5.97 Å². The van der Waals surface area contributed by atoms with Gasteiger partial charge in [0.15, 0.2) is 0 Å². The van der Waals surface area contributed by atoms with Crippen molar-refractivity contribution in [3.63, 3.8) is 0 Å². The molecule has 2 nitrogen and oxygen atoms in total. The summed E-state index contributed by atoms with van der Waals surface area (Å²) >= 11 is 0. The average molecular weight is 338 g/mol. The summed E-state index contributed by atoms with van der Waals surface area (Å²) in [7, 11) is 0. The number of hydrogen-bond donors (Lipinski definition) is 0. The van der Waals surface area contributed by atoms with Crippen LogP contribution in [0.5, 0.6) is 5.75 Å². The number of ether oxygens (including phenoxy) is 1. The monoisotopic (exact) mass is 338 g/mol. The SMILES string of the molecule is CCCCC1CCC(c2ccc3cc(OC(=O)CC)ccc3c2)CC1. The Morgan fingerprint density at radius 1 is 1.00 bits per heavy atom. The first kappa shape index (κ1) is 18.0. The van der Waals surface area contributed by atoms with E-state index in [0.29, 0.717) is 18.1 Å². The minimum Gasteiger partial charge on any atom is -0.427 e. The van der Waals surface area contributed by atoms with Gasteiger partial charge in [0, 0.05) is 6.42 Å². The summed E-state index contributed by atoms with van der Waals surface area (Å²) in [6, 6.07) is 12.7. The highest BCUT2D eigenvalue weighted by Crippen LogP contribution is 2.38. The summed E-state index contributed by atoms with van der Waals surface area (Å²) in [5.74, 6) is 2.12. The topological polar surface area (TPSA) is 26.3 Å². The van der Waals surface area contributed by atoms with Gasteiger partial charge in [0.25, 0.3) is 0 Å². The second-order valence-corrected chi connectivity index (χ2v) is 7.46. The third-order valence-corrected chi connectivity index (χ3v) is 5.64. The van der Waals surface area contributed by atoms with E-state index in [1.807, 2.05) is 19.1 Å². The fourth-order valence-electron chi connectivity index (χ4n) is 4.04. The Hall–Kier alpha value is -1.83. The van der Waals surface area contributed by atoms with Crippen LogP contribution in [-0.2, 0) is 4.79 Å². The van der Waals surface area contributed by atoms with Crippen LogP contribution in [0.25, 0.3) is 10.8 Å². The molecule has 0 spiro atoms. The highest BCUT2D eigenvalue weighted by molar-refractivity contribution is 5.85. The predicted octanol–water partition coefficient (Wildman–Crippen LogP) is 6.62. The van der Waals surface area contributed by atoms with Gasteiger partial charge in [0.2, 0.25) is 0 Å². The van der Waals surface area contributed by atoms with Crippen LogP contribution in [0.2, 0.25) is 0 Å². The summed E-state index contributed by atoms with van der Waals surface area (Å²) in [5, 5.41) is 2.38. The van der Waals surface area contributed by atoms with Crippen LogP contribution in [0.1, 0.15) is 76.7 Å². The Labute approximate surface area is 151 Å². The lowest BCUT2D eigenvalue weighted by molar-refractivity contribution is -0.134. The Balaban J connectivity index is 1.67. The summed E-state index contributed by atoms with van der Waals surface area (Å²) in [4.78, 5) is 11.4. The highest BCUT2D eigenvalue weighted by atomic mass is 16.5. The predicted molar refractivity (Wildman–Crippen MR) is 104 cm³/mol. The molecule has 2 aromatic rings. The molecule has 0 bridgehead atoms. The molecule has 0 N–H and O–H groups in total. The lowest BCUT2D eigenvalue weighted by Gasteiger charge is -2.29. The van der Waals surface area contributed by atoms with Gasteiger partial charge in [-0.15, -0.1) is 0 Å². The number of rotatable bonds is 6. The van der Waals surface area contributed by atoms with Gasteiger partial charge < -0.3 is 4.74 Å². The summed E-state index contributed by atoms with van der Waals surface area (Å²) in [6.07, 6.45) is 9.94. The Kier molecular flexibility index (Phi) is 6.12. The molecule has 0 atom stereocenters. The summed E-state index contributed by atoms with van der Waals surface area (Å²) in [5.41, 5.74) is 1.47. The Morgan fingerprint density at radius 2 is 1.72 bits per heavy atom. The largest absolute Gasteiger partial charge is 0.427 e. The molecule has 0 aliphatic heterocycles. The van der Waals surface area contributed by atoms with Gasteiger partial charge in [-0.05, 0) is 66.0 Å². The molecular formula is C23H30O2. The van der Waals surface area contributed by atoms with E-state index in [1.54, 1.807) is 0 Å². The number of carbonyl (C=O) groups is 1. The van der Waals surface area contributed by atoms with Crippen LogP contribution >= 0.6 is 0 Å². The lowest BCUT2D eigenvalue weighted by Crippen LogP contribution is -2.13. The van der Waals surface area contributed by atoms with E-state index in [4.69, 9.17) is 4.74 Å². The number of unbranched alkanes of at least 4 members (excludes halogenated alkanes) is 1. The van der Waals surface area contributed by atoms with Crippen molar-refractivity contribution >= 4 is 16.7 Å². The molecule has 0 amide bonds. The van der Waals surface area contributed by atoms with Crippen LogP contribution in [0.4, 0.5) is 0 Å². The number of benzene rings is 2. The number of fused-ring (bicyclic) bond motifs is 1. The summed E-state index contributed by atoms with van der Waals surface area (Å²) in [6.45, 7) is 4.10. The van der Waals surface area contributed by atoms with E-state index in [2.05, 4.69) is 31.2 Å². The zero-order valence-electron chi connectivity index (χ0n) is 15.6. The Bertz CT molecular complexity index is 711. The maximum absolute atomic E-state index is 11.4. The second kappa shape index (κ2) is 8.51. The molecule has 1 fully saturated rings. The molecule has 0 heterocycles. The van der Waals surface area contributed by atoms with Crippen LogP contribution in [-0.4, -0.2) is 5.97 Å². The van der Waals surface area contributed by atoms with Gasteiger partial charge in [-0.3, -0.25) is 4.79 Å². The molecule has 2 heteroatoms. The van der Waals surface area contributed by atoms with E-state index in [1.165, 1.54) is 55.9 Å². The van der Waals surface area contributed by atoms with Crippen molar-refractivity contribution in [2.75, 3.05) is 0 Å². The maximum atomic E-state index is 11.4. The quantitative estimate of drug-likeness (QED) is 0.437.